The summed E-state index contributed by atoms with van der Waals surface area (Å²) < 4.78 is 5.22. The summed E-state index contributed by atoms with van der Waals surface area (Å²) in [5.41, 5.74) is 2.89. The number of nitrogens with one attached hydrogen (secondary N) is 3. The number of rotatable bonds is 4. The molecule has 2 aromatic carbocycles. The van der Waals surface area contributed by atoms with Gasteiger partial charge in [0.25, 0.3) is 0 Å². The highest BCUT2D eigenvalue weighted by molar-refractivity contribution is 8.00. The topological polar surface area (TPSA) is 95.6 Å². The Kier molecular flexibility index (Phi) is 4.10. The van der Waals surface area contributed by atoms with Crippen LogP contribution in [0, 0.1) is 6.92 Å². The SMILES string of the molecule is Cc1cc2[nH]c(=O)c(=O)[nH]c2cc1SNc1ccc(-n2ccnc2)cc1. The van der Waals surface area contributed by atoms with E-state index in [1.807, 2.05) is 54.1 Å². The Morgan fingerprint density at radius 2 is 1.73 bits per heavy atom. The summed E-state index contributed by atoms with van der Waals surface area (Å²) in [6.07, 6.45) is 5.38. The average molecular weight is 365 g/mol. The summed E-state index contributed by atoms with van der Waals surface area (Å²) in [4.78, 5) is 33.1. The predicted molar refractivity (Wildman–Crippen MR) is 103 cm³/mol. The van der Waals surface area contributed by atoms with Gasteiger partial charge in [0.05, 0.1) is 17.4 Å². The highest BCUT2D eigenvalue weighted by atomic mass is 32.2. The Morgan fingerprint density at radius 1 is 1.04 bits per heavy atom. The normalized spacial score (nSPS) is 11.0. The zero-order valence-electron chi connectivity index (χ0n) is 13.8. The van der Waals surface area contributed by atoms with Crippen LogP contribution >= 0.6 is 11.9 Å². The molecule has 0 spiro atoms. The number of benzene rings is 2. The third-order valence-electron chi connectivity index (χ3n) is 3.97. The Bertz CT molecular complexity index is 1180. The molecule has 0 atom stereocenters. The molecule has 130 valence electrons. The summed E-state index contributed by atoms with van der Waals surface area (Å²) in [5.74, 6) is 0. The van der Waals surface area contributed by atoms with E-state index < -0.39 is 11.1 Å². The molecular formula is C18H15N5O2S. The Hall–Kier alpha value is -3.26. The number of hydrogen-bond donors (Lipinski definition) is 3. The first-order chi connectivity index (χ1) is 12.6. The molecule has 0 unspecified atom stereocenters. The van der Waals surface area contributed by atoms with Crippen LogP contribution in [0.15, 0.2) is 69.6 Å². The monoisotopic (exact) mass is 365 g/mol. The molecule has 4 rings (SSSR count). The Morgan fingerprint density at radius 3 is 2.38 bits per heavy atom. The van der Waals surface area contributed by atoms with Crippen LogP contribution < -0.4 is 15.8 Å². The van der Waals surface area contributed by atoms with E-state index in [1.165, 1.54) is 11.9 Å². The fourth-order valence-corrected chi connectivity index (χ4v) is 3.35. The molecule has 0 radical (unpaired) electrons. The number of aromatic nitrogens is 4. The minimum Gasteiger partial charge on any atom is -0.326 e. The van der Waals surface area contributed by atoms with Gasteiger partial charge in [0, 0.05) is 28.7 Å². The lowest BCUT2D eigenvalue weighted by Crippen LogP contribution is -2.28. The van der Waals surface area contributed by atoms with Gasteiger partial charge in [-0.1, -0.05) is 0 Å². The second kappa shape index (κ2) is 6.57. The fourth-order valence-electron chi connectivity index (χ4n) is 2.59. The van der Waals surface area contributed by atoms with Crippen molar-refractivity contribution in [2.75, 3.05) is 4.72 Å². The molecule has 3 N–H and O–H groups in total. The van der Waals surface area contributed by atoms with Gasteiger partial charge in [-0.15, -0.1) is 0 Å². The third kappa shape index (κ3) is 3.14. The van der Waals surface area contributed by atoms with E-state index in [9.17, 15) is 9.59 Å². The van der Waals surface area contributed by atoms with Crippen LogP contribution in [-0.4, -0.2) is 19.5 Å². The Balaban J connectivity index is 1.55. The quantitative estimate of drug-likeness (QED) is 0.382. The van der Waals surface area contributed by atoms with E-state index in [1.54, 1.807) is 12.5 Å². The van der Waals surface area contributed by atoms with Gasteiger partial charge in [0.15, 0.2) is 0 Å². The zero-order chi connectivity index (χ0) is 18.1. The third-order valence-corrected chi connectivity index (χ3v) is 4.96. The van der Waals surface area contributed by atoms with Crippen molar-refractivity contribution in [2.45, 2.75) is 11.8 Å². The van der Waals surface area contributed by atoms with Crippen LogP contribution in [0.2, 0.25) is 0 Å². The summed E-state index contributed by atoms with van der Waals surface area (Å²) in [6, 6.07) is 11.7. The number of nitrogens with zero attached hydrogens (tertiary/aromatic N) is 2. The van der Waals surface area contributed by atoms with Crippen molar-refractivity contribution in [1.29, 1.82) is 0 Å². The molecule has 0 saturated heterocycles. The second-order valence-corrected chi connectivity index (χ2v) is 6.64. The molecule has 0 aliphatic heterocycles. The van der Waals surface area contributed by atoms with Gasteiger partial charge in [-0.05, 0) is 60.8 Å². The van der Waals surface area contributed by atoms with E-state index >= 15 is 0 Å². The maximum atomic E-state index is 11.5. The maximum absolute atomic E-state index is 11.5. The predicted octanol–water partition coefficient (Wildman–Crippen LogP) is 2.83. The molecule has 4 aromatic rings. The van der Waals surface area contributed by atoms with Crippen LogP contribution in [0.3, 0.4) is 0 Å². The Labute approximate surface area is 152 Å². The highest BCUT2D eigenvalue weighted by Crippen LogP contribution is 2.27. The largest absolute Gasteiger partial charge is 0.326 e. The number of aromatic amines is 2. The standard InChI is InChI=1S/C18H15N5O2S/c1-11-8-14-15(21-18(25)17(24)20-14)9-16(11)26-22-12-2-4-13(5-3-12)23-7-6-19-10-23/h2-10,22H,1H3,(H,20,24)(H,21,25). The van der Waals surface area contributed by atoms with Crippen LogP contribution in [-0.2, 0) is 0 Å². The van der Waals surface area contributed by atoms with Crippen molar-refractivity contribution in [1.82, 2.24) is 19.5 Å². The van der Waals surface area contributed by atoms with E-state index in [4.69, 9.17) is 0 Å². The maximum Gasteiger partial charge on any atom is 0.314 e. The van der Waals surface area contributed by atoms with Gasteiger partial charge >= 0.3 is 11.1 Å². The van der Waals surface area contributed by atoms with Gasteiger partial charge in [-0.25, -0.2) is 4.98 Å². The molecule has 0 bridgehead atoms. The lowest BCUT2D eigenvalue weighted by Gasteiger charge is -2.10. The van der Waals surface area contributed by atoms with Crippen molar-refractivity contribution < 1.29 is 0 Å². The average Bonchev–Trinajstić information content (AvgIpc) is 3.17. The number of imidazole rings is 1. The van der Waals surface area contributed by atoms with Crippen LogP contribution in [0.1, 0.15) is 5.56 Å². The number of hydrogen-bond acceptors (Lipinski definition) is 5. The molecule has 0 amide bonds. The molecule has 0 saturated carbocycles. The smallest absolute Gasteiger partial charge is 0.314 e. The lowest BCUT2D eigenvalue weighted by molar-refractivity contribution is 1.06. The van der Waals surface area contributed by atoms with Crippen molar-refractivity contribution in [2.24, 2.45) is 0 Å². The summed E-state index contributed by atoms with van der Waals surface area (Å²) in [5, 5.41) is 0. The van der Waals surface area contributed by atoms with Crippen LogP contribution in [0.4, 0.5) is 5.69 Å². The first-order valence-corrected chi connectivity index (χ1v) is 8.70. The van der Waals surface area contributed by atoms with Crippen LogP contribution in [0.25, 0.3) is 16.7 Å². The molecular weight excluding hydrogens is 350 g/mol. The molecule has 0 aliphatic rings. The molecule has 7 nitrogen and oxygen atoms in total. The van der Waals surface area contributed by atoms with Crippen LogP contribution in [0.5, 0.6) is 0 Å². The molecule has 26 heavy (non-hydrogen) atoms. The molecule has 8 heteroatoms. The van der Waals surface area contributed by atoms with Crippen molar-refractivity contribution in [3.05, 3.63) is 81.4 Å². The van der Waals surface area contributed by atoms with Crippen molar-refractivity contribution >= 4 is 28.7 Å². The van der Waals surface area contributed by atoms with Gasteiger partial charge in [0.2, 0.25) is 0 Å². The highest BCUT2D eigenvalue weighted by Gasteiger charge is 2.06. The van der Waals surface area contributed by atoms with Gasteiger partial charge in [-0.2, -0.15) is 0 Å². The second-order valence-electron chi connectivity index (χ2n) is 5.79. The van der Waals surface area contributed by atoms with Gasteiger partial charge in [-0.3, -0.25) is 9.59 Å². The number of anilines is 1. The molecule has 2 heterocycles. The number of fused-ring (bicyclic) bond motifs is 1. The fraction of sp³-hybridized carbons (Fsp3) is 0.0556. The molecule has 0 aliphatic carbocycles. The summed E-state index contributed by atoms with van der Waals surface area (Å²) in [7, 11) is 0. The van der Waals surface area contributed by atoms with E-state index in [0.717, 1.165) is 21.8 Å². The van der Waals surface area contributed by atoms with Gasteiger partial charge < -0.3 is 19.3 Å². The number of H-pyrrole nitrogens is 2. The summed E-state index contributed by atoms with van der Waals surface area (Å²) in [6.45, 7) is 1.95. The first-order valence-electron chi connectivity index (χ1n) is 7.88. The van der Waals surface area contributed by atoms with Gasteiger partial charge in [0.1, 0.15) is 0 Å². The van der Waals surface area contributed by atoms with E-state index in [0.29, 0.717) is 11.0 Å². The minimum atomic E-state index is -0.652. The van der Waals surface area contributed by atoms with Crippen molar-refractivity contribution in [3.63, 3.8) is 0 Å². The summed E-state index contributed by atoms with van der Waals surface area (Å²) >= 11 is 1.45. The van der Waals surface area contributed by atoms with Crippen molar-refractivity contribution in [3.8, 4) is 5.69 Å². The zero-order valence-corrected chi connectivity index (χ0v) is 14.6. The number of aryl methyl sites for hydroxylation is 1. The lowest BCUT2D eigenvalue weighted by atomic mass is 10.2. The first kappa shape index (κ1) is 16.2. The molecule has 2 aromatic heterocycles. The molecule has 0 fully saturated rings. The van der Waals surface area contributed by atoms with E-state index in [2.05, 4.69) is 19.7 Å². The minimum absolute atomic E-state index is 0.597. The van der Waals surface area contributed by atoms with E-state index in [-0.39, 0.29) is 0 Å².